The van der Waals surface area contributed by atoms with E-state index in [1.807, 2.05) is 0 Å². The molecule has 11 heavy (non-hydrogen) atoms. The molecule has 66 valence electrons. The van der Waals surface area contributed by atoms with Gasteiger partial charge in [-0.15, -0.1) is 0 Å². The molecule has 0 aromatic heterocycles. The van der Waals surface area contributed by atoms with E-state index in [1.54, 1.807) is 0 Å². The van der Waals surface area contributed by atoms with Gasteiger partial charge in [0.05, 0.1) is 6.61 Å². The van der Waals surface area contributed by atoms with Crippen LogP contribution in [0.1, 0.15) is 20.8 Å². The van der Waals surface area contributed by atoms with E-state index >= 15 is 0 Å². The zero-order valence-electron chi connectivity index (χ0n) is 7.80. The Kier molecular flexibility index (Phi) is 2.55. The normalized spacial score (nSPS) is 21.8. The van der Waals surface area contributed by atoms with Crippen molar-refractivity contribution in [3.63, 3.8) is 0 Å². The summed E-state index contributed by atoms with van der Waals surface area (Å²) in [5, 5.41) is 8.65. The highest BCUT2D eigenvalue weighted by Crippen LogP contribution is 2.32. The molecule has 2 heteroatoms. The SMILES string of the molecule is CC(C)(C)C1CN(CCO)C1. The van der Waals surface area contributed by atoms with Crippen LogP contribution >= 0.6 is 0 Å². The van der Waals surface area contributed by atoms with Gasteiger partial charge in [0.15, 0.2) is 0 Å². The Hall–Kier alpha value is -0.0800. The van der Waals surface area contributed by atoms with Gasteiger partial charge in [-0.1, -0.05) is 20.8 Å². The van der Waals surface area contributed by atoms with Crippen LogP contribution in [0.3, 0.4) is 0 Å². The van der Waals surface area contributed by atoms with Gasteiger partial charge in [-0.3, -0.25) is 0 Å². The fraction of sp³-hybridized carbons (Fsp3) is 1.00. The molecule has 0 aromatic rings. The lowest BCUT2D eigenvalue weighted by Crippen LogP contribution is -2.52. The standard InChI is InChI=1S/C9H19NO/c1-9(2,3)8-6-10(7-8)4-5-11/h8,11H,4-7H2,1-3H3. The number of hydrogen-bond acceptors (Lipinski definition) is 2. The Balaban J connectivity index is 2.19. The van der Waals surface area contributed by atoms with Crippen molar-refractivity contribution in [2.24, 2.45) is 11.3 Å². The van der Waals surface area contributed by atoms with E-state index < -0.39 is 0 Å². The lowest BCUT2D eigenvalue weighted by molar-refractivity contribution is 0.0143. The molecule has 0 saturated carbocycles. The van der Waals surface area contributed by atoms with Crippen LogP contribution in [0.25, 0.3) is 0 Å². The molecule has 0 radical (unpaired) electrons. The van der Waals surface area contributed by atoms with Crippen LogP contribution in [-0.4, -0.2) is 36.2 Å². The van der Waals surface area contributed by atoms with E-state index in [0.717, 1.165) is 12.5 Å². The highest BCUT2D eigenvalue weighted by Gasteiger charge is 2.34. The summed E-state index contributed by atoms with van der Waals surface area (Å²) in [5.74, 6) is 0.828. The average molecular weight is 157 g/mol. The zero-order chi connectivity index (χ0) is 8.48. The van der Waals surface area contributed by atoms with Crippen LogP contribution in [0.5, 0.6) is 0 Å². The molecule has 1 aliphatic rings. The van der Waals surface area contributed by atoms with Gasteiger partial charge in [0.2, 0.25) is 0 Å². The Morgan fingerprint density at radius 1 is 1.36 bits per heavy atom. The van der Waals surface area contributed by atoms with Crippen molar-refractivity contribution >= 4 is 0 Å². The van der Waals surface area contributed by atoms with Gasteiger partial charge in [-0.2, -0.15) is 0 Å². The van der Waals surface area contributed by atoms with Crippen molar-refractivity contribution in [1.82, 2.24) is 4.90 Å². The topological polar surface area (TPSA) is 23.5 Å². The van der Waals surface area contributed by atoms with Crippen molar-refractivity contribution in [2.45, 2.75) is 20.8 Å². The molecule has 1 N–H and O–H groups in total. The second kappa shape index (κ2) is 3.11. The molecule has 0 aromatic carbocycles. The van der Waals surface area contributed by atoms with Crippen molar-refractivity contribution in [3.05, 3.63) is 0 Å². The van der Waals surface area contributed by atoms with Crippen molar-refractivity contribution < 1.29 is 5.11 Å². The van der Waals surface area contributed by atoms with Crippen molar-refractivity contribution in [1.29, 1.82) is 0 Å². The Labute approximate surface area is 69.2 Å². The molecule has 0 amide bonds. The third-order valence-electron chi connectivity index (χ3n) is 2.60. The number of β-amino-alcohol motifs (C(OH)–C–C–N with tert-alkyl or cyclic N) is 1. The van der Waals surface area contributed by atoms with E-state index in [2.05, 4.69) is 25.7 Å². The number of hydrogen-bond donors (Lipinski definition) is 1. The van der Waals surface area contributed by atoms with E-state index in [9.17, 15) is 0 Å². The molecule has 1 fully saturated rings. The number of nitrogens with zero attached hydrogens (tertiary/aromatic N) is 1. The van der Waals surface area contributed by atoms with Crippen LogP contribution in [0.4, 0.5) is 0 Å². The summed E-state index contributed by atoms with van der Waals surface area (Å²) in [5.41, 5.74) is 0.450. The van der Waals surface area contributed by atoms with Gasteiger partial charge in [0.25, 0.3) is 0 Å². The van der Waals surface area contributed by atoms with E-state index in [-0.39, 0.29) is 0 Å². The molecule has 1 rings (SSSR count). The Bertz CT molecular complexity index is 122. The van der Waals surface area contributed by atoms with Crippen molar-refractivity contribution in [2.75, 3.05) is 26.2 Å². The van der Waals surface area contributed by atoms with Crippen LogP contribution in [-0.2, 0) is 0 Å². The van der Waals surface area contributed by atoms with Crippen molar-refractivity contribution in [3.8, 4) is 0 Å². The highest BCUT2D eigenvalue weighted by atomic mass is 16.3. The quantitative estimate of drug-likeness (QED) is 0.645. The van der Waals surface area contributed by atoms with Gasteiger partial charge < -0.3 is 10.0 Å². The summed E-state index contributed by atoms with van der Waals surface area (Å²) in [6, 6.07) is 0. The number of rotatable bonds is 2. The molecule has 0 spiro atoms. The first-order chi connectivity index (χ1) is 5.04. The Morgan fingerprint density at radius 2 is 1.91 bits per heavy atom. The summed E-state index contributed by atoms with van der Waals surface area (Å²) in [6.07, 6.45) is 0. The van der Waals surface area contributed by atoms with Gasteiger partial charge in [0, 0.05) is 19.6 Å². The zero-order valence-corrected chi connectivity index (χ0v) is 7.80. The Morgan fingerprint density at radius 3 is 2.27 bits per heavy atom. The fourth-order valence-electron chi connectivity index (χ4n) is 1.44. The average Bonchev–Trinajstić information content (AvgIpc) is 1.74. The summed E-state index contributed by atoms with van der Waals surface area (Å²) in [6.45, 7) is 10.4. The van der Waals surface area contributed by atoms with Gasteiger partial charge in [-0.25, -0.2) is 0 Å². The molecule has 0 unspecified atom stereocenters. The minimum absolute atomic E-state index is 0.302. The maximum Gasteiger partial charge on any atom is 0.0558 e. The second-order valence-corrected chi connectivity index (χ2v) is 4.55. The minimum Gasteiger partial charge on any atom is -0.395 e. The van der Waals surface area contributed by atoms with Gasteiger partial charge in [0.1, 0.15) is 0 Å². The van der Waals surface area contributed by atoms with Crippen LogP contribution in [0.2, 0.25) is 0 Å². The van der Waals surface area contributed by atoms with E-state index in [0.29, 0.717) is 12.0 Å². The predicted octanol–water partition coefficient (Wildman–Crippen LogP) is 0.957. The molecule has 1 saturated heterocycles. The van der Waals surface area contributed by atoms with Crippen LogP contribution in [0.15, 0.2) is 0 Å². The first kappa shape index (κ1) is 9.01. The minimum atomic E-state index is 0.302. The summed E-state index contributed by atoms with van der Waals surface area (Å²) >= 11 is 0. The monoisotopic (exact) mass is 157 g/mol. The lowest BCUT2D eigenvalue weighted by Gasteiger charge is -2.46. The summed E-state index contributed by atoms with van der Waals surface area (Å²) in [7, 11) is 0. The van der Waals surface area contributed by atoms with Crippen LogP contribution in [0, 0.1) is 11.3 Å². The lowest BCUT2D eigenvalue weighted by atomic mass is 9.76. The second-order valence-electron chi connectivity index (χ2n) is 4.55. The van der Waals surface area contributed by atoms with E-state index in [1.165, 1.54) is 13.1 Å². The first-order valence-electron chi connectivity index (χ1n) is 4.37. The van der Waals surface area contributed by atoms with E-state index in [4.69, 9.17) is 5.11 Å². The first-order valence-corrected chi connectivity index (χ1v) is 4.37. The largest absolute Gasteiger partial charge is 0.395 e. The molecule has 0 bridgehead atoms. The molecule has 0 aliphatic carbocycles. The van der Waals surface area contributed by atoms with Crippen LogP contribution < -0.4 is 0 Å². The maximum atomic E-state index is 8.65. The van der Waals surface area contributed by atoms with Gasteiger partial charge >= 0.3 is 0 Å². The summed E-state index contributed by atoms with van der Waals surface area (Å²) < 4.78 is 0. The third-order valence-corrected chi connectivity index (χ3v) is 2.60. The molecular weight excluding hydrogens is 138 g/mol. The molecular formula is C9H19NO. The number of aliphatic hydroxyl groups is 1. The molecule has 1 heterocycles. The molecule has 1 aliphatic heterocycles. The maximum absolute atomic E-state index is 8.65. The predicted molar refractivity (Wildman–Crippen MR) is 46.5 cm³/mol. The van der Waals surface area contributed by atoms with Gasteiger partial charge in [-0.05, 0) is 11.3 Å². The molecule has 2 nitrogen and oxygen atoms in total. The fourth-order valence-corrected chi connectivity index (χ4v) is 1.44. The number of likely N-dealkylation sites (tertiary alicyclic amines) is 1. The smallest absolute Gasteiger partial charge is 0.0558 e. The highest BCUT2D eigenvalue weighted by molar-refractivity contribution is 4.87. The summed E-state index contributed by atoms with van der Waals surface area (Å²) in [4.78, 5) is 2.30. The number of aliphatic hydroxyl groups excluding tert-OH is 1. The third kappa shape index (κ3) is 2.17. The molecule has 0 atom stereocenters.